The molecular formula is C33H40O2PSi+. The summed E-state index contributed by atoms with van der Waals surface area (Å²) in [4.78, 5) is 0. The first kappa shape index (κ1) is 27.2. The highest BCUT2D eigenvalue weighted by atomic mass is 31.2. The first-order chi connectivity index (χ1) is 17.6. The van der Waals surface area contributed by atoms with Gasteiger partial charge in [0.25, 0.3) is 8.32 Å². The minimum absolute atomic E-state index is 0.111. The fourth-order valence-corrected chi connectivity index (χ4v) is 8.93. The van der Waals surface area contributed by atoms with Crippen molar-refractivity contribution >= 4 is 31.5 Å². The van der Waals surface area contributed by atoms with Gasteiger partial charge >= 0.3 is 0 Å². The standard InChI is InChI=1S/C33H40O2PSi/c1-8-34-31-25-26(23-24-30(31)35-37(6,7)33(2,3)4)29-21-15-16-22-32(29)36(5,27-17-11-9-12-18-27)28-19-13-10-14-20-28/h9-25H,8H2,1-7H3/q+1. The molecule has 0 unspecified atom stereocenters. The molecule has 0 N–H and O–H groups in total. The van der Waals surface area contributed by atoms with E-state index in [1.807, 2.05) is 6.92 Å². The molecule has 0 aromatic heterocycles. The van der Waals surface area contributed by atoms with Crippen LogP contribution in [-0.4, -0.2) is 21.6 Å². The van der Waals surface area contributed by atoms with E-state index in [9.17, 15) is 0 Å². The second kappa shape index (κ2) is 10.9. The van der Waals surface area contributed by atoms with E-state index in [1.165, 1.54) is 21.5 Å². The second-order valence-corrected chi connectivity index (χ2v) is 19.4. The zero-order valence-corrected chi connectivity index (χ0v) is 25.2. The molecule has 0 aliphatic carbocycles. The zero-order valence-electron chi connectivity index (χ0n) is 23.3. The summed E-state index contributed by atoms with van der Waals surface area (Å²) in [5, 5.41) is 4.22. The maximum Gasteiger partial charge on any atom is 0.250 e. The third-order valence-corrected chi connectivity index (χ3v) is 16.0. The molecule has 37 heavy (non-hydrogen) atoms. The predicted octanol–water partition coefficient (Wildman–Crippen LogP) is 8.06. The van der Waals surface area contributed by atoms with Gasteiger partial charge in [0, 0.05) is 5.56 Å². The quantitative estimate of drug-likeness (QED) is 0.170. The minimum atomic E-state index is -2.01. The molecule has 0 spiro atoms. The Morgan fingerprint density at radius 2 is 1.24 bits per heavy atom. The van der Waals surface area contributed by atoms with Crippen molar-refractivity contribution in [3.05, 3.63) is 103 Å². The summed E-state index contributed by atoms with van der Waals surface area (Å²) in [5.41, 5.74) is 2.39. The van der Waals surface area contributed by atoms with Crippen LogP contribution in [0.1, 0.15) is 27.7 Å². The zero-order chi connectivity index (χ0) is 26.7. The molecule has 0 heterocycles. The van der Waals surface area contributed by atoms with Crippen LogP contribution >= 0.6 is 7.26 Å². The van der Waals surface area contributed by atoms with Crippen LogP contribution in [0.2, 0.25) is 18.1 Å². The van der Waals surface area contributed by atoms with Crippen LogP contribution < -0.4 is 25.1 Å². The lowest BCUT2D eigenvalue weighted by molar-refractivity contribution is 0.325. The largest absolute Gasteiger partial charge is 0.541 e. The van der Waals surface area contributed by atoms with Crippen LogP contribution in [0, 0.1) is 0 Å². The number of rotatable bonds is 8. The van der Waals surface area contributed by atoms with Gasteiger partial charge in [0.1, 0.15) is 28.9 Å². The van der Waals surface area contributed by atoms with Crippen LogP contribution in [0.4, 0.5) is 0 Å². The summed E-state index contributed by atoms with van der Waals surface area (Å²) in [6.07, 6.45) is 0. The summed E-state index contributed by atoms with van der Waals surface area (Å²) >= 11 is 0. The molecule has 0 saturated carbocycles. The number of hydrogen-bond acceptors (Lipinski definition) is 2. The lowest BCUT2D eigenvalue weighted by atomic mass is 10.1. The maximum absolute atomic E-state index is 6.70. The SMILES string of the molecule is CCOc1cc(-c2ccccc2[P+](C)(c2ccccc2)c2ccccc2)ccc1O[Si](C)(C)C(C)(C)C. The summed E-state index contributed by atoms with van der Waals surface area (Å²) in [7, 11) is -3.90. The van der Waals surface area contributed by atoms with Crippen molar-refractivity contribution < 1.29 is 9.16 Å². The van der Waals surface area contributed by atoms with E-state index in [2.05, 4.69) is 144 Å². The monoisotopic (exact) mass is 527 g/mol. The van der Waals surface area contributed by atoms with Crippen molar-refractivity contribution in [2.24, 2.45) is 0 Å². The molecule has 4 rings (SSSR count). The van der Waals surface area contributed by atoms with Gasteiger partial charge in [-0.3, -0.25) is 0 Å². The van der Waals surface area contributed by atoms with Crippen LogP contribution in [0.15, 0.2) is 103 Å². The van der Waals surface area contributed by atoms with Gasteiger partial charge in [-0.2, -0.15) is 0 Å². The van der Waals surface area contributed by atoms with Gasteiger partial charge in [-0.05, 0) is 73.1 Å². The van der Waals surface area contributed by atoms with E-state index in [-0.39, 0.29) is 5.04 Å². The van der Waals surface area contributed by atoms with E-state index in [4.69, 9.17) is 9.16 Å². The van der Waals surface area contributed by atoms with Crippen LogP contribution in [0.5, 0.6) is 11.5 Å². The second-order valence-electron chi connectivity index (χ2n) is 11.2. The van der Waals surface area contributed by atoms with Crippen molar-refractivity contribution in [3.63, 3.8) is 0 Å². The molecule has 0 atom stereocenters. The van der Waals surface area contributed by atoms with E-state index in [0.717, 1.165) is 17.1 Å². The lowest BCUT2D eigenvalue weighted by Gasteiger charge is -2.37. The predicted molar refractivity (Wildman–Crippen MR) is 166 cm³/mol. The first-order valence-corrected chi connectivity index (χ1v) is 18.3. The first-order valence-electron chi connectivity index (χ1n) is 13.1. The van der Waals surface area contributed by atoms with Gasteiger partial charge in [0.05, 0.1) is 13.3 Å². The van der Waals surface area contributed by atoms with E-state index in [0.29, 0.717) is 6.61 Å². The Morgan fingerprint density at radius 3 is 1.78 bits per heavy atom. The van der Waals surface area contributed by atoms with Gasteiger partial charge in [0.15, 0.2) is 5.75 Å². The Labute approximate surface area is 225 Å². The summed E-state index contributed by atoms with van der Waals surface area (Å²) < 4.78 is 12.9. The fourth-order valence-electron chi connectivity index (χ4n) is 4.44. The Hall–Kier alpha value is -2.87. The Kier molecular flexibility index (Phi) is 7.97. The number of benzene rings is 4. The normalized spacial score (nSPS) is 12.3. The molecule has 4 aromatic carbocycles. The van der Waals surface area contributed by atoms with Gasteiger partial charge < -0.3 is 9.16 Å². The van der Waals surface area contributed by atoms with Gasteiger partial charge in [-0.15, -0.1) is 0 Å². The summed E-state index contributed by atoms with van der Waals surface area (Å²) in [6.45, 7) is 16.4. The van der Waals surface area contributed by atoms with Crippen molar-refractivity contribution in [2.75, 3.05) is 13.3 Å². The van der Waals surface area contributed by atoms with Crippen LogP contribution in [0.25, 0.3) is 11.1 Å². The minimum Gasteiger partial charge on any atom is -0.541 e. The highest BCUT2D eigenvalue weighted by molar-refractivity contribution is 7.95. The topological polar surface area (TPSA) is 18.5 Å². The number of ether oxygens (including phenoxy) is 1. The van der Waals surface area contributed by atoms with Crippen LogP contribution in [0.3, 0.4) is 0 Å². The molecule has 4 aromatic rings. The number of hydrogen-bond donors (Lipinski definition) is 0. The Bertz CT molecular complexity index is 1290. The highest BCUT2D eigenvalue weighted by Gasteiger charge is 2.42. The van der Waals surface area contributed by atoms with Crippen molar-refractivity contribution in [2.45, 2.75) is 45.8 Å². The van der Waals surface area contributed by atoms with Crippen LogP contribution in [-0.2, 0) is 0 Å². The molecule has 4 heteroatoms. The molecule has 0 aliphatic heterocycles. The maximum atomic E-state index is 6.70. The van der Waals surface area contributed by atoms with Gasteiger partial charge in [0.2, 0.25) is 0 Å². The highest BCUT2D eigenvalue weighted by Crippen LogP contribution is 2.53. The molecule has 0 radical (unpaired) electrons. The summed E-state index contributed by atoms with van der Waals surface area (Å²) in [6, 6.07) is 37.3. The summed E-state index contributed by atoms with van der Waals surface area (Å²) in [5.74, 6) is 1.66. The Morgan fingerprint density at radius 1 is 0.703 bits per heavy atom. The molecular weight excluding hydrogens is 487 g/mol. The third kappa shape index (κ3) is 5.54. The fraction of sp³-hybridized carbons (Fsp3) is 0.273. The lowest BCUT2D eigenvalue weighted by Crippen LogP contribution is -2.43. The third-order valence-electron chi connectivity index (χ3n) is 7.66. The van der Waals surface area contributed by atoms with E-state index >= 15 is 0 Å². The molecule has 0 fully saturated rings. The van der Waals surface area contributed by atoms with Gasteiger partial charge in [-0.25, -0.2) is 0 Å². The van der Waals surface area contributed by atoms with E-state index < -0.39 is 15.6 Å². The smallest absolute Gasteiger partial charge is 0.250 e. The molecule has 0 amide bonds. The van der Waals surface area contributed by atoms with Crippen molar-refractivity contribution in [3.8, 4) is 22.6 Å². The average molecular weight is 528 g/mol. The molecule has 192 valence electrons. The molecule has 2 nitrogen and oxygen atoms in total. The molecule has 0 aliphatic rings. The van der Waals surface area contributed by atoms with Crippen molar-refractivity contribution in [1.29, 1.82) is 0 Å². The van der Waals surface area contributed by atoms with Crippen molar-refractivity contribution in [1.82, 2.24) is 0 Å². The van der Waals surface area contributed by atoms with Gasteiger partial charge in [-0.1, -0.05) is 81.4 Å². The van der Waals surface area contributed by atoms with E-state index in [1.54, 1.807) is 0 Å². The Balaban J connectivity index is 1.88. The molecule has 0 saturated heterocycles. The molecule has 0 bridgehead atoms. The average Bonchev–Trinajstić information content (AvgIpc) is 2.89.